The lowest BCUT2D eigenvalue weighted by Gasteiger charge is -2.21. The fourth-order valence-corrected chi connectivity index (χ4v) is 4.72. The SMILES string of the molecule is Nc1cccc2c1N(S(=O)(=O)c1ccc3c(c1)CCO3)CC2. The summed E-state index contributed by atoms with van der Waals surface area (Å²) >= 11 is 0. The van der Waals surface area contributed by atoms with Gasteiger partial charge in [0.2, 0.25) is 0 Å². The second-order valence-corrected chi connectivity index (χ2v) is 7.41. The zero-order chi connectivity index (χ0) is 15.3. The van der Waals surface area contributed by atoms with E-state index in [-0.39, 0.29) is 0 Å². The molecule has 0 saturated carbocycles. The molecule has 0 amide bonds. The molecule has 0 atom stereocenters. The van der Waals surface area contributed by atoms with Crippen molar-refractivity contribution in [2.45, 2.75) is 17.7 Å². The zero-order valence-electron chi connectivity index (χ0n) is 12.0. The fraction of sp³-hybridized carbons (Fsp3) is 0.250. The van der Waals surface area contributed by atoms with Crippen molar-refractivity contribution in [1.29, 1.82) is 0 Å². The third-order valence-electron chi connectivity index (χ3n) is 4.23. The van der Waals surface area contributed by atoms with Crippen molar-refractivity contribution in [2.24, 2.45) is 0 Å². The number of hydrogen-bond donors (Lipinski definition) is 1. The maximum absolute atomic E-state index is 13.0. The predicted octanol–water partition coefficient (Wildman–Crippen LogP) is 1.96. The van der Waals surface area contributed by atoms with Crippen LogP contribution in [0.5, 0.6) is 5.75 Å². The third-order valence-corrected chi connectivity index (χ3v) is 6.03. The Hall–Kier alpha value is -2.21. The van der Waals surface area contributed by atoms with Gasteiger partial charge in [-0.2, -0.15) is 0 Å². The van der Waals surface area contributed by atoms with Crippen LogP contribution in [0.4, 0.5) is 11.4 Å². The van der Waals surface area contributed by atoms with Gasteiger partial charge in [-0.15, -0.1) is 0 Å². The normalized spacial score (nSPS) is 16.3. The van der Waals surface area contributed by atoms with Gasteiger partial charge in [-0.1, -0.05) is 12.1 Å². The van der Waals surface area contributed by atoms with E-state index in [0.717, 1.165) is 23.3 Å². The van der Waals surface area contributed by atoms with Gasteiger partial charge in [0.1, 0.15) is 5.75 Å². The van der Waals surface area contributed by atoms with Crippen molar-refractivity contribution >= 4 is 21.4 Å². The average Bonchev–Trinajstić information content (AvgIpc) is 3.13. The highest BCUT2D eigenvalue weighted by molar-refractivity contribution is 7.92. The highest BCUT2D eigenvalue weighted by Gasteiger charge is 2.33. The van der Waals surface area contributed by atoms with Crippen LogP contribution < -0.4 is 14.8 Å². The van der Waals surface area contributed by atoms with Crippen molar-refractivity contribution in [3.63, 3.8) is 0 Å². The van der Waals surface area contributed by atoms with E-state index in [1.54, 1.807) is 24.3 Å². The number of fused-ring (bicyclic) bond motifs is 2. The van der Waals surface area contributed by atoms with Crippen LogP contribution in [0.1, 0.15) is 11.1 Å². The van der Waals surface area contributed by atoms with Gasteiger partial charge in [0, 0.05) is 13.0 Å². The summed E-state index contributed by atoms with van der Waals surface area (Å²) in [5, 5.41) is 0. The minimum absolute atomic E-state index is 0.299. The van der Waals surface area contributed by atoms with Crippen LogP contribution in [-0.4, -0.2) is 21.6 Å². The van der Waals surface area contributed by atoms with Crippen molar-refractivity contribution in [3.8, 4) is 5.75 Å². The molecule has 2 aliphatic rings. The second kappa shape index (κ2) is 4.64. The molecule has 2 aliphatic heterocycles. The van der Waals surface area contributed by atoms with Gasteiger partial charge in [-0.25, -0.2) is 8.42 Å². The topological polar surface area (TPSA) is 72.6 Å². The highest BCUT2D eigenvalue weighted by atomic mass is 32.2. The number of nitrogens with two attached hydrogens (primary N) is 1. The molecule has 0 saturated heterocycles. The Morgan fingerprint density at radius 2 is 1.95 bits per heavy atom. The van der Waals surface area contributed by atoms with E-state index in [2.05, 4.69) is 0 Å². The third kappa shape index (κ3) is 1.87. The van der Waals surface area contributed by atoms with Gasteiger partial charge in [-0.05, 0) is 41.8 Å². The predicted molar refractivity (Wildman–Crippen MR) is 84.7 cm³/mol. The first kappa shape index (κ1) is 13.5. The van der Waals surface area contributed by atoms with Crippen LogP contribution in [0.15, 0.2) is 41.3 Å². The molecule has 0 bridgehead atoms. The zero-order valence-corrected chi connectivity index (χ0v) is 12.8. The summed E-state index contributed by atoms with van der Waals surface area (Å²) in [7, 11) is -3.60. The number of nitrogens with zero attached hydrogens (tertiary/aromatic N) is 1. The first-order valence-corrected chi connectivity index (χ1v) is 8.67. The Labute approximate surface area is 129 Å². The van der Waals surface area contributed by atoms with E-state index < -0.39 is 10.0 Å². The molecule has 4 rings (SSSR count). The lowest BCUT2D eigenvalue weighted by molar-refractivity contribution is 0.356. The first-order valence-electron chi connectivity index (χ1n) is 7.23. The van der Waals surface area contributed by atoms with Gasteiger partial charge in [0.25, 0.3) is 10.0 Å². The number of ether oxygens (including phenoxy) is 1. The van der Waals surface area contributed by atoms with E-state index >= 15 is 0 Å². The van der Waals surface area contributed by atoms with Gasteiger partial charge >= 0.3 is 0 Å². The summed E-state index contributed by atoms with van der Waals surface area (Å²) < 4.78 is 32.8. The fourth-order valence-electron chi connectivity index (χ4n) is 3.14. The van der Waals surface area contributed by atoms with Crippen LogP contribution in [0.3, 0.4) is 0 Å². The highest BCUT2D eigenvalue weighted by Crippen LogP contribution is 2.38. The summed E-state index contributed by atoms with van der Waals surface area (Å²) in [5.41, 5.74) is 9.05. The maximum Gasteiger partial charge on any atom is 0.264 e. The molecule has 0 unspecified atom stereocenters. The Bertz CT molecular complexity index is 862. The number of para-hydroxylation sites is 1. The van der Waals surface area contributed by atoms with Crippen molar-refractivity contribution in [2.75, 3.05) is 23.2 Å². The van der Waals surface area contributed by atoms with Crippen LogP contribution in [-0.2, 0) is 22.9 Å². The lowest BCUT2D eigenvalue weighted by atomic mass is 10.1. The molecule has 2 aromatic carbocycles. The largest absolute Gasteiger partial charge is 0.493 e. The molecule has 114 valence electrons. The van der Waals surface area contributed by atoms with Gasteiger partial charge in [-0.3, -0.25) is 4.31 Å². The summed E-state index contributed by atoms with van der Waals surface area (Å²) in [6, 6.07) is 10.6. The maximum atomic E-state index is 13.0. The van der Waals surface area contributed by atoms with E-state index in [1.165, 1.54) is 4.31 Å². The number of hydrogen-bond acceptors (Lipinski definition) is 4. The van der Waals surface area contributed by atoms with E-state index in [9.17, 15) is 8.42 Å². The Morgan fingerprint density at radius 1 is 1.09 bits per heavy atom. The van der Waals surface area contributed by atoms with E-state index in [1.807, 2.05) is 12.1 Å². The van der Waals surface area contributed by atoms with Gasteiger partial charge in [0.05, 0.1) is 22.9 Å². The molecule has 0 aliphatic carbocycles. The minimum atomic E-state index is -3.60. The molecule has 2 heterocycles. The molecular weight excluding hydrogens is 300 g/mol. The Morgan fingerprint density at radius 3 is 2.82 bits per heavy atom. The molecule has 0 spiro atoms. The van der Waals surface area contributed by atoms with Crippen LogP contribution in [0.2, 0.25) is 0 Å². The average molecular weight is 316 g/mol. The molecule has 0 aromatic heterocycles. The van der Waals surface area contributed by atoms with Gasteiger partial charge in [0.15, 0.2) is 0 Å². The molecule has 22 heavy (non-hydrogen) atoms. The van der Waals surface area contributed by atoms with Crippen molar-refractivity contribution in [3.05, 3.63) is 47.5 Å². The van der Waals surface area contributed by atoms with Crippen LogP contribution in [0, 0.1) is 0 Å². The lowest BCUT2D eigenvalue weighted by Crippen LogP contribution is -2.29. The number of nitrogen functional groups attached to an aromatic ring is 1. The molecule has 5 nitrogen and oxygen atoms in total. The van der Waals surface area contributed by atoms with Crippen molar-refractivity contribution < 1.29 is 13.2 Å². The Kier molecular flexibility index (Phi) is 2.84. The molecule has 6 heteroatoms. The monoisotopic (exact) mass is 316 g/mol. The molecule has 2 N–H and O–H groups in total. The number of sulfonamides is 1. The summed E-state index contributed by atoms with van der Waals surface area (Å²) in [6.45, 7) is 1.04. The smallest absolute Gasteiger partial charge is 0.264 e. The van der Waals surface area contributed by atoms with Crippen molar-refractivity contribution in [1.82, 2.24) is 0 Å². The first-order chi connectivity index (χ1) is 10.6. The summed E-state index contributed by atoms with van der Waals surface area (Å²) in [6.07, 6.45) is 1.44. The molecule has 0 fully saturated rings. The van der Waals surface area contributed by atoms with E-state index in [0.29, 0.717) is 35.8 Å². The summed E-state index contributed by atoms with van der Waals surface area (Å²) in [4.78, 5) is 0.299. The number of benzene rings is 2. The Balaban J connectivity index is 1.80. The number of rotatable bonds is 2. The number of anilines is 2. The van der Waals surface area contributed by atoms with Crippen LogP contribution in [0.25, 0.3) is 0 Å². The second-order valence-electron chi connectivity index (χ2n) is 5.55. The molecule has 2 aromatic rings. The summed E-state index contributed by atoms with van der Waals surface area (Å²) in [5.74, 6) is 0.778. The minimum Gasteiger partial charge on any atom is -0.493 e. The molecular formula is C16H16N2O3S. The van der Waals surface area contributed by atoms with Gasteiger partial charge < -0.3 is 10.5 Å². The van der Waals surface area contributed by atoms with Crippen LogP contribution >= 0.6 is 0 Å². The quantitative estimate of drug-likeness (QED) is 0.860. The standard InChI is InChI=1S/C16H16N2O3S/c17-14-3-1-2-11-6-8-18(16(11)14)22(19,20)13-4-5-15-12(10-13)7-9-21-15/h1-5,10H,6-9,17H2. The molecule has 0 radical (unpaired) electrons. The van der Waals surface area contributed by atoms with E-state index in [4.69, 9.17) is 10.5 Å².